The summed E-state index contributed by atoms with van der Waals surface area (Å²) < 4.78 is 4.93. The van der Waals surface area contributed by atoms with Crippen LogP contribution in [0.3, 0.4) is 0 Å². The summed E-state index contributed by atoms with van der Waals surface area (Å²) >= 11 is 0. The van der Waals surface area contributed by atoms with Crippen LogP contribution in [-0.2, 0) is 14.3 Å². The van der Waals surface area contributed by atoms with E-state index in [1.54, 1.807) is 7.11 Å². The van der Waals surface area contributed by atoms with E-state index in [0.717, 1.165) is 26.0 Å². The van der Waals surface area contributed by atoms with Gasteiger partial charge in [-0.3, -0.25) is 9.59 Å². The Kier molecular flexibility index (Phi) is 10.9. The van der Waals surface area contributed by atoms with Crippen molar-refractivity contribution in [3.05, 3.63) is 0 Å². The van der Waals surface area contributed by atoms with Crippen molar-refractivity contribution in [2.24, 2.45) is 0 Å². The lowest BCUT2D eigenvalue weighted by Gasteiger charge is -2.05. The van der Waals surface area contributed by atoms with Crippen LogP contribution in [0, 0.1) is 0 Å². The summed E-state index contributed by atoms with van der Waals surface area (Å²) in [5.41, 5.74) is 0. The van der Waals surface area contributed by atoms with Gasteiger partial charge in [0, 0.05) is 39.6 Å². The lowest BCUT2D eigenvalue weighted by molar-refractivity contribution is -0.121. The number of amides is 1. The van der Waals surface area contributed by atoms with Crippen molar-refractivity contribution in [3.63, 3.8) is 0 Å². The van der Waals surface area contributed by atoms with Gasteiger partial charge in [0.15, 0.2) is 0 Å². The number of carbonyl (C=O) groups is 2. The maximum Gasteiger partial charge on any atom is 0.221 e. The van der Waals surface area contributed by atoms with Crippen molar-refractivity contribution in [1.82, 2.24) is 10.6 Å². The molecule has 0 aromatic carbocycles. The molecule has 0 fully saturated rings. The Labute approximate surface area is 103 Å². The summed E-state index contributed by atoms with van der Waals surface area (Å²) in [4.78, 5) is 21.9. The van der Waals surface area contributed by atoms with Gasteiger partial charge in [0.2, 0.25) is 5.91 Å². The molecule has 0 heterocycles. The number of carbonyl (C=O) groups excluding carboxylic acids is 2. The minimum Gasteiger partial charge on any atom is -0.385 e. The van der Waals surface area contributed by atoms with E-state index in [1.807, 2.05) is 0 Å². The number of hydrogen-bond donors (Lipinski definition) is 2. The number of nitrogens with one attached hydrogen (secondary N) is 2. The molecule has 0 rings (SSSR count). The first kappa shape index (κ1) is 16.1. The topological polar surface area (TPSA) is 67.4 Å². The molecule has 0 aliphatic heterocycles. The highest BCUT2D eigenvalue weighted by atomic mass is 16.5. The first-order valence-corrected chi connectivity index (χ1v) is 6.12. The van der Waals surface area contributed by atoms with E-state index in [-0.39, 0.29) is 11.7 Å². The molecule has 0 saturated heterocycles. The molecule has 17 heavy (non-hydrogen) atoms. The highest BCUT2D eigenvalue weighted by Crippen LogP contribution is 1.87. The van der Waals surface area contributed by atoms with Crippen molar-refractivity contribution in [2.75, 3.05) is 33.4 Å². The first-order chi connectivity index (χ1) is 8.16. The second kappa shape index (κ2) is 11.5. The molecule has 0 radical (unpaired) electrons. The average molecular weight is 244 g/mol. The van der Waals surface area contributed by atoms with Gasteiger partial charge in [0.05, 0.1) is 0 Å². The quantitative estimate of drug-likeness (QED) is 0.519. The molecule has 0 aromatic heterocycles. The number of ketones is 1. The standard InChI is InChI=1S/C12H24N2O3/c1-11(15)5-9-14-12(16)6-8-13-7-3-4-10-17-2/h13H,3-10H2,1-2H3,(H,14,16). The van der Waals surface area contributed by atoms with Gasteiger partial charge in [0.25, 0.3) is 0 Å². The van der Waals surface area contributed by atoms with Crippen LogP contribution in [0.15, 0.2) is 0 Å². The number of Topliss-reactive ketones (excluding diaryl/α,β-unsaturated/α-hetero) is 1. The maximum atomic E-state index is 11.3. The Hall–Kier alpha value is -0.940. The van der Waals surface area contributed by atoms with Gasteiger partial charge in [-0.2, -0.15) is 0 Å². The molecule has 0 spiro atoms. The summed E-state index contributed by atoms with van der Waals surface area (Å²) in [6.07, 6.45) is 2.96. The molecule has 1 amide bonds. The molecular weight excluding hydrogens is 220 g/mol. The number of hydrogen-bond acceptors (Lipinski definition) is 4. The SMILES string of the molecule is COCCCCNCCC(=O)NCCC(C)=O. The Morgan fingerprint density at radius 1 is 1.06 bits per heavy atom. The fraction of sp³-hybridized carbons (Fsp3) is 0.833. The molecule has 0 bridgehead atoms. The van der Waals surface area contributed by atoms with Gasteiger partial charge < -0.3 is 15.4 Å². The third kappa shape index (κ3) is 13.0. The summed E-state index contributed by atoms with van der Waals surface area (Å²) in [5.74, 6) is 0.0946. The smallest absolute Gasteiger partial charge is 0.221 e. The van der Waals surface area contributed by atoms with Crippen LogP contribution in [0.2, 0.25) is 0 Å². The zero-order chi connectivity index (χ0) is 12.9. The van der Waals surface area contributed by atoms with Gasteiger partial charge in [0.1, 0.15) is 5.78 Å². The van der Waals surface area contributed by atoms with Crippen LogP contribution in [0.4, 0.5) is 0 Å². The van der Waals surface area contributed by atoms with Crippen LogP contribution in [0.25, 0.3) is 0 Å². The van der Waals surface area contributed by atoms with Crippen molar-refractivity contribution in [1.29, 1.82) is 0 Å². The van der Waals surface area contributed by atoms with E-state index in [2.05, 4.69) is 10.6 Å². The van der Waals surface area contributed by atoms with Gasteiger partial charge in [-0.25, -0.2) is 0 Å². The van der Waals surface area contributed by atoms with E-state index in [0.29, 0.717) is 25.9 Å². The van der Waals surface area contributed by atoms with Crippen LogP contribution in [0.5, 0.6) is 0 Å². The fourth-order valence-electron chi connectivity index (χ4n) is 1.29. The van der Waals surface area contributed by atoms with Crippen LogP contribution < -0.4 is 10.6 Å². The fourth-order valence-corrected chi connectivity index (χ4v) is 1.29. The molecule has 5 nitrogen and oxygen atoms in total. The molecule has 0 aromatic rings. The monoisotopic (exact) mass is 244 g/mol. The zero-order valence-corrected chi connectivity index (χ0v) is 10.9. The van der Waals surface area contributed by atoms with Crippen molar-refractivity contribution in [3.8, 4) is 0 Å². The molecular formula is C12H24N2O3. The minimum atomic E-state index is -0.00404. The number of methoxy groups -OCH3 is 1. The van der Waals surface area contributed by atoms with Gasteiger partial charge >= 0.3 is 0 Å². The minimum absolute atomic E-state index is 0.00404. The average Bonchev–Trinajstić information content (AvgIpc) is 2.27. The summed E-state index contributed by atoms with van der Waals surface area (Å²) in [7, 11) is 1.69. The summed E-state index contributed by atoms with van der Waals surface area (Å²) in [5, 5.41) is 5.90. The molecule has 2 N–H and O–H groups in total. The van der Waals surface area contributed by atoms with Crippen LogP contribution >= 0.6 is 0 Å². The lowest BCUT2D eigenvalue weighted by atomic mass is 10.3. The molecule has 0 aliphatic carbocycles. The Balaban J connectivity index is 3.19. The predicted molar refractivity (Wildman–Crippen MR) is 66.9 cm³/mol. The van der Waals surface area contributed by atoms with E-state index < -0.39 is 0 Å². The second-order valence-electron chi connectivity index (χ2n) is 4.00. The maximum absolute atomic E-state index is 11.3. The molecule has 0 unspecified atom stereocenters. The van der Waals surface area contributed by atoms with Gasteiger partial charge in [-0.1, -0.05) is 0 Å². The largest absolute Gasteiger partial charge is 0.385 e. The molecule has 100 valence electrons. The third-order valence-electron chi connectivity index (χ3n) is 2.28. The van der Waals surface area contributed by atoms with Crippen molar-refractivity contribution in [2.45, 2.75) is 32.6 Å². The molecule has 0 saturated carbocycles. The number of ether oxygens (including phenoxy) is 1. The molecule has 5 heteroatoms. The normalized spacial score (nSPS) is 10.2. The Bertz CT molecular complexity index is 220. The second-order valence-corrected chi connectivity index (χ2v) is 4.00. The van der Waals surface area contributed by atoms with E-state index in [4.69, 9.17) is 4.74 Å². The van der Waals surface area contributed by atoms with Crippen molar-refractivity contribution < 1.29 is 14.3 Å². The van der Waals surface area contributed by atoms with Crippen LogP contribution in [-0.4, -0.2) is 45.0 Å². The van der Waals surface area contributed by atoms with E-state index in [1.165, 1.54) is 6.92 Å². The number of unbranched alkanes of at least 4 members (excludes halogenated alkanes) is 1. The molecule has 0 aliphatic rings. The zero-order valence-electron chi connectivity index (χ0n) is 10.9. The van der Waals surface area contributed by atoms with Gasteiger partial charge in [-0.15, -0.1) is 0 Å². The van der Waals surface area contributed by atoms with E-state index in [9.17, 15) is 9.59 Å². The Morgan fingerprint density at radius 2 is 1.82 bits per heavy atom. The number of rotatable bonds is 11. The summed E-state index contributed by atoms with van der Waals surface area (Å²) in [6.45, 7) is 4.34. The highest BCUT2D eigenvalue weighted by Gasteiger charge is 2.00. The predicted octanol–water partition coefficient (Wildman–Crippen LogP) is 0.488. The summed E-state index contributed by atoms with van der Waals surface area (Å²) in [6, 6.07) is 0. The van der Waals surface area contributed by atoms with Crippen molar-refractivity contribution >= 4 is 11.7 Å². The van der Waals surface area contributed by atoms with E-state index >= 15 is 0 Å². The first-order valence-electron chi connectivity index (χ1n) is 6.12. The highest BCUT2D eigenvalue weighted by molar-refractivity contribution is 5.78. The Morgan fingerprint density at radius 3 is 2.47 bits per heavy atom. The lowest BCUT2D eigenvalue weighted by Crippen LogP contribution is -2.29. The van der Waals surface area contributed by atoms with Crippen LogP contribution in [0.1, 0.15) is 32.6 Å². The third-order valence-corrected chi connectivity index (χ3v) is 2.28. The molecule has 0 atom stereocenters. The van der Waals surface area contributed by atoms with Gasteiger partial charge in [-0.05, 0) is 26.3 Å².